The molecule has 2 fully saturated rings. The maximum absolute atomic E-state index is 13.1. The van der Waals surface area contributed by atoms with Crippen molar-refractivity contribution in [3.63, 3.8) is 0 Å². The molecule has 0 amide bonds. The van der Waals surface area contributed by atoms with Crippen molar-refractivity contribution in [3.05, 3.63) is 66.0 Å². The minimum atomic E-state index is -0.197. The van der Waals surface area contributed by atoms with Gasteiger partial charge in [0.05, 0.1) is 0 Å². The Kier molecular flexibility index (Phi) is 4.78. The molecule has 0 spiro atoms. The predicted molar refractivity (Wildman–Crippen MR) is 104 cm³/mol. The van der Waals surface area contributed by atoms with E-state index in [0.717, 1.165) is 38.4 Å². The average Bonchev–Trinajstić information content (AvgIpc) is 3.47. The fourth-order valence-corrected chi connectivity index (χ4v) is 3.71. The average molecular weight is 352 g/mol. The molecule has 2 aromatic rings. The molecule has 2 atom stereocenters. The van der Waals surface area contributed by atoms with E-state index in [0.29, 0.717) is 17.8 Å². The summed E-state index contributed by atoms with van der Waals surface area (Å²) >= 11 is 0. The number of benzene rings is 2. The van der Waals surface area contributed by atoms with Gasteiger partial charge in [0.15, 0.2) is 5.96 Å². The lowest BCUT2D eigenvalue weighted by Crippen LogP contribution is -2.51. The molecule has 2 aliphatic rings. The molecule has 0 radical (unpaired) electrons. The van der Waals surface area contributed by atoms with Crippen molar-refractivity contribution in [2.24, 2.45) is 16.6 Å². The number of guanidine groups is 1. The molecule has 136 valence electrons. The monoisotopic (exact) mass is 352 g/mol. The zero-order chi connectivity index (χ0) is 17.9. The predicted octanol–water partition coefficient (Wildman–Crippen LogP) is 3.07. The second-order valence-electron chi connectivity index (χ2n) is 7.16. The van der Waals surface area contributed by atoms with Crippen molar-refractivity contribution in [3.8, 4) is 0 Å². The Hall–Kier alpha value is -2.56. The summed E-state index contributed by atoms with van der Waals surface area (Å²) in [6, 6.07) is 17.3. The summed E-state index contributed by atoms with van der Waals surface area (Å²) in [5.74, 6) is 1.72. The first-order chi connectivity index (χ1) is 12.7. The number of rotatable bonds is 4. The molecule has 4 rings (SSSR count). The Balaban J connectivity index is 1.26. The Morgan fingerprint density at radius 2 is 1.69 bits per heavy atom. The van der Waals surface area contributed by atoms with Crippen LogP contribution in [0.15, 0.2) is 59.6 Å². The molecule has 1 aliphatic carbocycles. The molecular formula is C21H25FN4. The van der Waals surface area contributed by atoms with Crippen LogP contribution in [0.3, 0.4) is 0 Å². The van der Waals surface area contributed by atoms with Crippen LogP contribution < -0.4 is 10.6 Å². The van der Waals surface area contributed by atoms with Crippen LogP contribution in [0.2, 0.25) is 0 Å². The molecule has 0 aromatic heterocycles. The molecule has 1 aliphatic heterocycles. The van der Waals surface area contributed by atoms with Gasteiger partial charge in [0.2, 0.25) is 0 Å². The fraction of sp³-hybridized carbons (Fsp3) is 0.381. The van der Waals surface area contributed by atoms with Gasteiger partial charge in [-0.1, -0.05) is 30.3 Å². The molecule has 0 bridgehead atoms. The topological polar surface area (TPSA) is 44.9 Å². The van der Waals surface area contributed by atoms with Gasteiger partial charge in [-0.15, -0.1) is 0 Å². The first-order valence-electron chi connectivity index (χ1n) is 9.31. The molecule has 1 saturated carbocycles. The van der Waals surface area contributed by atoms with E-state index in [2.05, 4.69) is 45.1 Å². The van der Waals surface area contributed by atoms with E-state index in [9.17, 15) is 4.39 Å². The lowest BCUT2D eigenvalue weighted by molar-refractivity contribution is 0.380. The number of aliphatic imine (C=N–C) groups is 1. The SMILES string of the molecule is NC(=NCC1CC1c1ccccc1)N1CCN(c2ccc(F)cc2)CC1. The van der Waals surface area contributed by atoms with Gasteiger partial charge in [-0.3, -0.25) is 4.99 Å². The Bertz CT molecular complexity index is 751. The Morgan fingerprint density at radius 3 is 2.38 bits per heavy atom. The van der Waals surface area contributed by atoms with Gasteiger partial charge in [0, 0.05) is 38.4 Å². The number of nitrogens with zero attached hydrogens (tertiary/aromatic N) is 3. The van der Waals surface area contributed by atoms with Crippen LogP contribution in [-0.4, -0.2) is 43.6 Å². The van der Waals surface area contributed by atoms with E-state index in [1.54, 1.807) is 0 Å². The van der Waals surface area contributed by atoms with Crippen LogP contribution in [0.25, 0.3) is 0 Å². The highest BCUT2D eigenvalue weighted by Crippen LogP contribution is 2.47. The maximum Gasteiger partial charge on any atom is 0.191 e. The van der Waals surface area contributed by atoms with Crippen molar-refractivity contribution in [1.29, 1.82) is 0 Å². The van der Waals surface area contributed by atoms with Gasteiger partial charge < -0.3 is 15.5 Å². The molecule has 1 saturated heterocycles. The van der Waals surface area contributed by atoms with E-state index in [1.165, 1.54) is 24.1 Å². The molecule has 2 aromatic carbocycles. The summed E-state index contributed by atoms with van der Waals surface area (Å²) in [6.45, 7) is 4.25. The third-order valence-electron chi connectivity index (χ3n) is 5.43. The number of hydrogen-bond acceptors (Lipinski definition) is 2. The van der Waals surface area contributed by atoms with Gasteiger partial charge in [0.1, 0.15) is 5.82 Å². The molecule has 2 unspecified atom stereocenters. The summed E-state index contributed by atoms with van der Waals surface area (Å²) in [7, 11) is 0. The quantitative estimate of drug-likeness (QED) is 0.679. The Morgan fingerprint density at radius 1 is 1.00 bits per heavy atom. The van der Waals surface area contributed by atoms with E-state index in [-0.39, 0.29) is 5.82 Å². The number of halogens is 1. The van der Waals surface area contributed by atoms with Crippen molar-refractivity contribution in [1.82, 2.24) is 4.90 Å². The Labute approximate surface area is 154 Å². The van der Waals surface area contributed by atoms with Crippen LogP contribution >= 0.6 is 0 Å². The summed E-state index contributed by atoms with van der Waals surface area (Å²) in [5.41, 5.74) is 8.70. The summed E-state index contributed by atoms with van der Waals surface area (Å²) in [6.07, 6.45) is 1.21. The van der Waals surface area contributed by atoms with Gasteiger partial charge >= 0.3 is 0 Å². The van der Waals surface area contributed by atoms with Crippen molar-refractivity contribution >= 4 is 11.6 Å². The zero-order valence-electron chi connectivity index (χ0n) is 14.9. The van der Waals surface area contributed by atoms with Crippen molar-refractivity contribution in [2.45, 2.75) is 12.3 Å². The summed E-state index contributed by atoms with van der Waals surface area (Å²) in [4.78, 5) is 9.06. The van der Waals surface area contributed by atoms with E-state index in [1.807, 2.05) is 12.1 Å². The van der Waals surface area contributed by atoms with Gasteiger partial charge in [-0.05, 0) is 48.1 Å². The molecule has 26 heavy (non-hydrogen) atoms. The van der Waals surface area contributed by atoms with Crippen LogP contribution in [0.1, 0.15) is 17.9 Å². The zero-order valence-corrected chi connectivity index (χ0v) is 14.9. The van der Waals surface area contributed by atoms with Crippen LogP contribution in [-0.2, 0) is 0 Å². The number of nitrogens with two attached hydrogens (primary N) is 1. The first kappa shape index (κ1) is 16.9. The van der Waals surface area contributed by atoms with Crippen molar-refractivity contribution < 1.29 is 4.39 Å². The van der Waals surface area contributed by atoms with Gasteiger partial charge in [0.25, 0.3) is 0 Å². The van der Waals surface area contributed by atoms with Crippen LogP contribution in [0, 0.1) is 11.7 Å². The number of piperazine rings is 1. The minimum Gasteiger partial charge on any atom is -0.370 e. The molecule has 5 heteroatoms. The van der Waals surface area contributed by atoms with Gasteiger partial charge in [-0.2, -0.15) is 0 Å². The lowest BCUT2D eigenvalue weighted by Gasteiger charge is -2.36. The summed E-state index contributed by atoms with van der Waals surface area (Å²) < 4.78 is 13.1. The largest absolute Gasteiger partial charge is 0.370 e. The fourth-order valence-electron chi connectivity index (χ4n) is 3.71. The smallest absolute Gasteiger partial charge is 0.191 e. The highest BCUT2D eigenvalue weighted by molar-refractivity contribution is 5.78. The maximum atomic E-state index is 13.1. The van der Waals surface area contributed by atoms with Crippen LogP contribution in [0.4, 0.5) is 10.1 Å². The van der Waals surface area contributed by atoms with E-state index < -0.39 is 0 Å². The van der Waals surface area contributed by atoms with Crippen LogP contribution in [0.5, 0.6) is 0 Å². The summed E-state index contributed by atoms with van der Waals surface area (Å²) in [5, 5.41) is 0. The normalized spacial score (nSPS) is 23.2. The van der Waals surface area contributed by atoms with Gasteiger partial charge in [-0.25, -0.2) is 4.39 Å². The molecule has 2 N–H and O–H groups in total. The molecule has 4 nitrogen and oxygen atoms in total. The highest BCUT2D eigenvalue weighted by atomic mass is 19.1. The van der Waals surface area contributed by atoms with Crippen molar-refractivity contribution in [2.75, 3.05) is 37.6 Å². The number of hydrogen-bond donors (Lipinski definition) is 1. The second kappa shape index (κ2) is 7.36. The molecular weight excluding hydrogens is 327 g/mol. The standard InChI is InChI=1S/C21H25FN4/c22-18-6-8-19(9-7-18)25-10-12-26(13-11-25)21(23)24-15-17-14-20(17)16-4-2-1-3-5-16/h1-9,17,20H,10-15H2,(H2,23,24). The third-order valence-corrected chi connectivity index (χ3v) is 5.43. The number of anilines is 1. The first-order valence-corrected chi connectivity index (χ1v) is 9.31. The second-order valence-corrected chi connectivity index (χ2v) is 7.16. The van der Waals surface area contributed by atoms with E-state index >= 15 is 0 Å². The minimum absolute atomic E-state index is 0.197. The lowest BCUT2D eigenvalue weighted by atomic mass is 10.1. The highest BCUT2D eigenvalue weighted by Gasteiger charge is 2.37. The third kappa shape index (κ3) is 3.82. The molecule has 1 heterocycles. The van der Waals surface area contributed by atoms with E-state index in [4.69, 9.17) is 5.73 Å².